The molecule has 0 unspecified atom stereocenters. The Labute approximate surface area is 121 Å². The lowest BCUT2D eigenvalue weighted by Gasteiger charge is -2.24. The first-order chi connectivity index (χ1) is 9.33. The van der Waals surface area contributed by atoms with Crippen LogP contribution in [0.1, 0.15) is 27.2 Å². The molecule has 1 fully saturated rings. The third-order valence-electron chi connectivity index (χ3n) is 2.67. The van der Waals surface area contributed by atoms with Crippen LogP contribution in [0.5, 0.6) is 0 Å². The second-order valence-corrected chi connectivity index (χ2v) is 6.91. The van der Waals surface area contributed by atoms with Crippen molar-refractivity contribution >= 4 is 17.9 Å². The van der Waals surface area contributed by atoms with Crippen LogP contribution in [-0.2, 0) is 4.74 Å². The maximum atomic E-state index is 12.7. The highest BCUT2D eigenvalue weighted by Crippen LogP contribution is 2.28. The molecule has 1 amide bonds. The lowest BCUT2D eigenvalue weighted by molar-refractivity contribution is 0.0295. The van der Waals surface area contributed by atoms with Gasteiger partial charge in [-0.15, -0.1) is 0 Å². The number of halogens is 1. The molecule has 0 aliphatic carbocycles. The van der Waals surface area contributed by atoms with E-state index >= 15 is 0 Å². The van der Waals surface area contributed by atoms with E-state index < -0.39 is 11.4 Å². The summed E-state index contributed by atoms with van der Waals surface area (Å²) in [7, 11) is 0. The molecule has 5 nitrogen and oxygen atoms in total. The zero-order valence-corrected chi connectivity index (χ0v) is 12.6. The maximum absolute atomic E-state index is 12.7. The van der Waals surface area contributed by atoms with E-state index in [1.807, 2.05) is 20.8 Å². The monoisotopic (exact) mass is 299 g/mol. The van der Waals surface area contributed by atoms with Crippen LogP contribution in [0.25, 0.3) is 0 Å². The van der Waals surface area contributed by atoms with E-state index in [1.165, 1.54) is 11.8 Å². The van der Waals surface area contributed by atoms with Gasteiger partial charge in [0.25, 0.3) is 0 Å². The van der Waals surface area contributed by atoms with Gasteiger partial charge in [0.15, 0.2) is 11.0 Å². The van der Waals surface area contributed by atoms with E-state index in [0.717, 1.165) is 18.8 Å². The lowest BCUT2D eigenvalue weighted by Crippen LogP contribution is -2.35. The number of likely N-dealkylation sites (tertiary alicyclic amines) is 1. The van der Waals surface area contributed by atoms with Crippen molar-refractivity contribution in [2.24, 2.45) is 0 Å². The quantitative estimate of drug-likeness (QED) is 0.786. The average Bonchev–Trinajstić information content (AvgIpc) is 2.79. The van der Waals surface area contributed by atoms with Gasteiger partial charge < -0.3 is 9.64 Å². The minimum atomic E-state index is -0.484. The number of carbonyl (C=O) groups is 1. The molecule has 0 radical (unpaired) electrons. The number of hydrogen-bond donors (Lipinski definition) is 0. The topological polar surface area (TPSA) is 55.3 Å². The van der Waals surface area contributed by atoms with E-state index in [0.29, 0.717) is 18.2 Å². The fourth-order valence-corrected chi connectivity index (χ4v) is 2.83. The number of thioether (sulfide) groups is 1. The van der Waals surface area contributed by atoms with Gasteiger partial charge in [-0.1, -0.05) is 11.8 Å². The predicted octanol–water partition coefficient (Wildman–Crippen LogP) is 2.72. The molecule has 1 aromatic rings. The summed E-state index contributed by atoms with van der Waals surface area (Å²) in [5, 5.41) is 0.746. The van der Waals surface area contributed by atoms with Crippen LogP contribution in [0, 0.1) is 5.82 Å². The number of carbonyl (C=O) groups excluding carboxylic acids is 1. The first kappa shape index (κ1) is 15.0. The molecule has 0 spiro atoms. The van der Waals surface area contributed by atoms with Crippen LogP contribution in [-0.4, -0.2) is 44.9 Å². The smallest absolute Gasteiger partial charge is 0.410 e. The largest absolute Gasteiger partial charge is 0.444 e. The van der Waals surface area contributed by atoms with Crippen LogP contribution < -0.4 is 0 Å². The highest BCUT2D eigenvalue weighted by atomic mass is 32.2. The molecule has 1 saturated heterocycles. The summed E-state index contributed by atoms with van der Waals surface area (Å²) in [5.41, 5.74) is -0.484. The van der Waals surface area contributed by atoms with Crippen molar-refractivity contribution < 1.29 is 13.9 Å². The predicted molar refractivity (Wildman–Crippen MR) is 74.1 cm³/mol. The summed E-state index contributed by atoms with van der Waals surface area (Å²) in [6.45, 7) is 6.80. The molecular weight excluding hydrogens is 281 g/mol. The van der Waals surface area contributed by atoms with Gasteiger partial charge in [-0.05, 0) is 27.2 Å². The Hall–Kier alpha value is -1.37. The van der Waals surface area contributed by atoms with Crippen molar-refractivity contribution in [1.82, 2.24) is 14.9 Å². The minimum Gasteiger partial charge on any atom is -0.444 e. The lowest BCUT2D eigenvalue weighted by atomic mass is 10.2. The Morgan fingerprint density at radius 1 is 1.45 bits per heavy atom. The van der Waals surface area contributed by atoms with Crippen molar-refractivity contribution in [2.75, 3.05) is 13.1 Å². The Bertz CT molecular complexity index is 475. The second-order valence-electron chi connectivity index (χ2n) is 5.64. The molecule has 20 heavy (non-hydrogen) atoms. The third kappa shape index (κ3) is 4.33. The van der Waals surface area contributed by atoms with Crippen LogP contribution in [0.3, 0.4) is 0 Å². The molecule has 1 aliphatic heterocycles. The zero-order valence-electron chi connectivity index (χ0n) is 11.8. The molecule has 2 rings (SSSR count). The van der Waals surface area contributed by atoms with Crippen molar-refractivity contribution in [2.45, 2.75) is 43.2 Å². The van der Waals surface area contributed by atoms with Gasteiger partial charge in [0.05, 0.1) is 12.4 Å². The average molecular weight is 299 g/mol. The van der Waals surface area contributed by atoms with Crippen molar-refractivity contribution in [1.29, 1.82) is 0 Å². The standard InChI is InChI=1S/C13H18FN3O2S/c1-13(2,3)19-12(18)17-5-4-10(8-17)20-11-15-6-9(14)7-16-11/h6-7,10H,4-5,8H2,1-3H3/t10-/m1/s1. The summed E-state index contributed by atoms with van der Waals surface area (Å²) < 4.78 is 18.1. The molecule has 7 heteroatoms. The Balaban J connectivity index is 1.86. The Morgan fingerprint density at radius 3 is 2.70 bits per heavy atom. The minimum absolute atomic E-state index is 0.216. The van der Waals surface area contributed by atoms with Gasteiger partial charge >= 0.3 is 6.09 Å². The van der Waals surface area contributed by atoms with Crippen molar-refractivity contribution in [3.63, 3.8) is 0 Å². The SMILES string of the molecule is CC(C)(C)OC(=O)N1CC[C@@H](Sc2ncc(F)cn2)C1. The van der Waals surface area contributed by atoms with E-state index in [9.17, 15) is 9.18 Å². The summed E-state index contributed by atoms with van der Waals surface area (Å²) in [5.74, 6) is -0.448. The summed E-state index contributed by atoms with van der Waals surface area (Å²) in [6.07, 6.45) is 2.86. The molecular formula is C13H18FN3O2S. The number of hydrogen-bond acceptors (Lipinski definition) is 5. The first-order valence-electron chi connectivity index (χ1n) is 6.45. The summed E-state index contributed by atoms with van der Waals surface area (Å²) in [4.78, 5) is 21.4. The van der Waals surface area contributed by atoms with E-state index in [2.05, 4.69) is 9.97 Å². The molecule has 0 aromatic carbocycles. The van der Waals surface area contributed by atoms with Crippen LogP contribution in [0.2, 0.25) is 0 Å². The van der Waals surface area contributed by atoms with Gasteiger partial charge in [-0.2, -0.15) is 0 Å². The van der Waals surface area contributed by atoms with E-state index in [1.54, 1.807) is 4.90 Å². The van der Waals surface area contributed by atoms with Crippen LogP contribution >= 0.6 is 11.8 Å². The maximum Gasteiger partial charge on any atom is 0.410 e. The molecule has 0 bridgehead atoms. The van der Waals surface area contributed by atoms with Crippen molar-refractivity contribution in [3.05, 3.63) is 18.2 Å². The fraction of sp³-hybridized carbons (Fsp3) is 0.615. The van der Waals surface area contributed by atoms with Gasteiger partial charge in [0.1, 0.15) is 5.60 Å². The number of amides is 1. The Morgan fingerprint density at radius 2 is 2.10 bits per heavy atom. The van der Waals surface area contributed by atoms with Crippen LogP contribution in [0.4, 0.5) is 9.18 Å². The van der Waals surface area contributed by atoms with E-state index in [4.69, 9.17) is 4.74 Å². The normalized spacial score (nSPS) is 19.2. The van der Waals surface area contributed by atoms with Crippen LogP contribution in [0.15, 0.2) is 17.6 Å². The van der Waals surface area contributed by atoms with Gasteiger partial charge in [-0.25, -0.2) is 19.2 Å². The molecule has 1 aliphatic rings. The zero-order chi connectivity index (χ0) is 14.8. The Kier molecular flexibility index (Phi) is 4.47. The molecule has 110 valence electrons. The first-order valence-corrected chi connectivity index (χ1v) is 7.33. The second kappa shape index (κ2) is 5.95. The van der Waals surface area contributed by atoms with E-state index in [-0.39, 0.29) is 11.3 Å². The van der Waals surface area contributed by atoms with Gasteiger partial charge in [-0.3, -0.25) is 0 Å². The third-order valence-corrected chi connectivity index (χ3v) is 3.81. The van der Waals surface area contributed by atoms with Gasteiger partial charge in [0, 0.05) is 18.3 Å². The number of aromatic nitrogens is 2. The number of ether oxygens (including phenoxy) is 1. The highest BCUT2D eigenvalue weighted by molar-refractivity contribution is 7.99. The summed E-state index contributed by atoms with van der Waals surface area (Å²) in [6, 6.07) is 0. The van der Waals surface area contributed by atoms with Gasteiger partial charge in [0.2, 0.25) is 0 Å². The molecule has 0 N–H and O–H groups in total. The number of nitrogens with zero attached hydrogens (tertiary/aromatic N) is 3. The summed E-state index contributed by atoms with van der Waals surface area (Å²) >= 11 is 1.46. The molecule has 2 heterocycles. The molecule has 1 aromatic heterocycles. The fourth-order valence-electron chi connectivity index (χ4n) is 1.83. The highest BCUT2D eigenvalue weighted by Gasteiger charge is 2.30. The van der Waals surface area contributed by atoms with Crippen molar-refractivity contribution in [3.8, 4) is 0 Å². The number of rotatable bonds is 2. The molecule has 1 atom stereocenters. The molecule has 0 saturated carbocycles.